The topological polar surface area (TPSA) is 12.0 Å². The highest BCUT2D eigenvalue weighted by molar-refractivity contribution is 5.26. The fraction of sp³-hybridized carbons (Fsp3) is 0.625. The molecule has 1 aliphatic rings. The minimum atomic E-state index is -4.22. The molecule has 1 aliphatic carbocycles. The SMILES string of the molecule is CCCNC1(C(F)(F)F)CCCCC1c1ccccc1. The molecule has 0 aromatic heterocycles. The molecule has 1 fully saturated rings. The van der Waals surface area contributed by atoms with Gasteiger partial charge in [-0.1, -0.05) is 50.1 Å². The molecule has 0 saturated heterocycles. The van der Waals surface area contributed by atoms with E-state index < -0.39 is 17.6 Å². The summed E-state index contributed by atoms with van der Waals surface area (Å²) in [4.78, 5) is 0. The number of alkyl halides is 3. The summed E-state index contributed by atoms with van der Waals surface area (Å²) in [6, 6.07) is 9.14. The number of hydrogen-bond acceptors (Lipinski definition) is 1. The average molecular weight is 285 g/mol. The Morgan fingerprint density at radius 3 is 2.50 bits per heavy atom. The minimum Gasteiger partial charge on any atom is -0.303 e. The number of nitrogens with one attached hydrogen (secondary N) is 1. The first kappa shape index (κ1) is 15.4. The Labute approximate surface area is 118 Å². The summed E-state index contributed by atoms with van der Waals surface area (Å²) in [7, 11) is 0. The lowest BCUT2D eigenvalue weighted by Gasteiger charge is -2.46. The summed E-state index contributed by atoms with van der Waals surface area (Å²) in [5, 5.41) is 2.85. The molecule has 4 heteroatoms. The van der Waals surface area contributed by atoms with Crippen LogP contribution in [0.1, 0.15) is 50.5 Å². The Kier molecular flexibility index (Phi) is 4.74. The predicted octanol–water partition coefficient (Wildman–Crippen LogP) is 4.64. The summed E-state index contributed by atoms with van der Waals surface area (Å²) in [5.41, 5.74) is -0.962. The Morgan fingerprint density at radius 1 is 1.20 bits per heavy atom. The molecule has 1 aromatic rings. The molecule has 0 aliphatic heterocycles. The van der Waals surface area contributed by atoms with Crippen molar-refractivity contribution in [1.82, 2.24) is 5.32 Å². The van der Waals surface area contributed by atoms with Gasteiger partial charge in [-0.25, -0.2) is 0 Å². The van der Waals surface area contributed by atoms with Gasteiger partial charge in [0, 0.05) is 5.92 Å². The summed E-state index contributed by atoms with van der Waals surface area (Å²) >= 11 is 0. The van der Waals surface area contributed by atoms with Gasteiger partial charge in [0.05, 0.1) is 0 Å². The van der Waals surface area contributed by atoms with Gasteiger partial charge >= 0.3 is 6.18 Å². The van der Waals surface area contributed by atoms with Gasteiger partial charge in [0.2, 0.25) is 0 Å². The quantitative estimate of drug-likeness (QED) is 0.849. The summed E-state index contributed by atoms with van der Waals surface area (Å²) in [6.07, 6.45) is -1.23. The molecule has 2 unspecified atom stereocenters. The van der Waals surface area contributed by atoms with E-state index in [1.165, 1.54) is 0 Å². The highest BCUT2D eigenvalue weighted by atomic mass is 19.4. The van der Waals surface area contributed by atoms with Gasteiger partial charge in [-0.15, -0.1) is 0 Å². The molecule has 2 atom stereocenters. The third-order valence-electron chi connectivity index (χ3n) is 4.31. The van der Waals surface area contributed by atoms with Gasteiger partial charge in [-0.3, -0.25) is 0 Å². The van der Waals surface area contributed by atoms with Crippen LogP contribution in [0.25, 0.3) is 0 Å². The first-order valence-electron chi connectivity index (χ1n) is 7.38. The molecule has 1 nitrogen and oxygen atoms in total. The third-order valence-corrected chi connectivity index (χ3v) is 4.31. The zero-order chi connectivity index (χ0) is 14.6. The van der Waals surface area contributed by atoms with Crippen LogP contribution in [0, 0.1) is 0 Å². The Morgan fingerprint density at radius 2 is 1.90 bits per heavy atom. The Hall–Kier alpha value is -1.03. The zero-order valence-electron chi connectivity index (χ0n) is 11.8. The van der Waals surface area contributed by atoms with Crippen LogP contribution in [0.2, 0.25) is 0 Å². The number of benzene rings is 1. The summed E-state index contributed by atoms with van der Waals surface area (Å²) in [5.74, 6) is -0.482. The molecule has 112 valence electrons. The highest BCUT2D eigenvalue weighted by Crippen LogP contribution is 2.49. The van der Waals surface area contributed by atoms with E-state index in [-0.39, 0.29) is 6.42 Å². The van der Waals surface area contributed by atoms with Crippen molar-refractivity contribution in [2.45, 2.75) is 56.7 Å². The van der Waals surface area contributed by atoms with Crippen molar-refractivity contribution in [3.8, 4) is 0 Å². The Balaban J connectivity index is 2.39. The molecule has 0 radical (unpaired) electrons. The van der Waals surface area contributed by atoms with E-state index in [4.69, 9.17) is 0 Å². The van der Waals surface area contributed by atoms with E-state index in [9.17, 15) is 13.2 Å². The minimum absolute atomic E-state index is 0.177. The number of rotatable bonds is 4. The molecule has 2 rings (SSSR count). The molecular weight excluding hydrogens is 263 g/mol. The summed E-state index contributed by atoms with van der Waals surface area (Å²) < 4.78 is 41.4. The molecule has 0 amide bonds. The maximum Gasteiger partial charge on any atom is 0.407 e. The van der Waals surface area contributed by atoms with E-state index in [1.807, 2.05) is 37.3 Å². The lowest BCUT2D eigenvalue weighted by Crippen LogP contribution is -2.61. The smallest absolute Gasteiger partial charge is 0.303 e. The van der Waals surface area contributed by atoms with Crippen LogP contribution in [0.5, 0.6) is 0 Å². The van der Waals surface area contributed by atoms with Crippen molar-refractivity contribution >= 4 is 0 Å². The molecule has 20 heavy (non-hydrogen) atoms. The van der Waals surface area contributed by atoms with Crippen LogP contribution >= 0.6 is 0 Å². The lowest BCUT2D eigenvalue weighted by molar-refractivity contribution is -0.211. The molecule has 0 bridgehead atoms. The van der Waals surface area contributed by atoms with E-state index >= 15 is 0 Å². The Bertz CT molecular complexity index is 415. The second kappa shape index (κ2) is 6.17. The molecule has 1 N–H and O–H groups in total. The molecule has 1 saturated carbocycles. The van der Waals surface area contributed by atoms with Gasteiger partial charge in [0.15, 0.2) is 0 Å². The van der Waals surface area contributed by atoms with Gasteiger partial charge in [0.25, 0.3) is 0 Å². The van der Waals surface area contributed by atoms with Crippen molar-refractivity contribution in [2.75, 3.05) is 6.54 Å². The predicted molar refractivity (Wildman–Crippen MR) is 74.7 cm³/mol. The molecule has 0 spiro atoms. The third kappa shape index (κ3) is 2.85. The summed E-state index contributed by atoms with van der Waals surface area (Å²) in [6.45, 7) is 2.31. The molecular formula is C16H22F3N. The standard InChI is InChI=1S/C16H22F3N/c1-2-12-20-15(16(17,18)19)11-7-6-10-14(15)13-8-4-3-5-9-13/h3-5,8-9,14,20H,2,6-7,10-12H2,1H3. The van der Waals surface area contributed by atoms with E-state index in [0.29, 0.717) is 25.8 Å². The molecule has 0 heterocycles. The van der Waals surface area contributed by atoms with Gasteiger partial charge in [0.1, 0.15) is 5.54 Å². The average Bonchev–Trinajstić information content (AvgIpc) is 2.45. The van der Waals surface area contributed by atoms with Gasteiger partial charge in [-0.2, -0.15) is 13.2 Å². The van der Waals surface area contributed by atoms with Crippen LogP contribution < -0.4 is 5.32 Å². The van der Waals surface area contributed by atoms with Crippen molar-refractivity contribution in [2.24, 2.45) is 0 Å². The van der Waals surface area contributed by atoms with E-state index in [2.05, 4.69) is 5.32 Å². The van der Waals surface area contributed by atoms with E-state index in [0.717, 1.165) is 12.0 Å². The van der Waals surface area contributed by atoms with Crippen molar-refractivity contribution in [1.29, 1.82) is 0 Å². The monoisotopic (exact) mass is 285 g/mol. The molecule has 1 aromatic carbocycles. The van der Waals surface area contributed by atoms with Crippen molar-refractivity contribution in [3.63, 3.8) is 0 Å². The van der Waals surface area contributed by atoms with Crippen LogP contribution in [-0.2, 0) is 0 Å². The fourth-order valence-electron chi connectivity index (χ4n) is 3.31. The van der Waals surface area contributed by atoms with E-state index in [1.54, 1.807) is 0 Å². The van der Waals surface area contributed by atoms with Crippen LogP contribution in [0.3, 0.4) is 0 Å². The van der Waals surface area contributed by atoms with Crippen LogP contribution in [0.4, 0.5) is 13.2 Å². The largest absolute Gasteiger partial charge is 0.407 e. The number of hydrogen-bond donors (Lipinski definition) is 1. The normalized spacial score (nSPS) is 27.5. The highest BCUT2D eigenvalue weighted by Gasteiger charge is 2.59. The van der Waals surface area contributed by atoms with Crippen LogP contribution in [-0.4, -0.2) is 18.3 Å². The van der Waals surface area contributed by atoms with Gasteiger partial charge < -0.3 is 5.32 Å². The zero-order valence-corrected chi connectivity index (χ0v) is 11.8. The second-order valence-corrected chi connectivity index (χ2v) is 5.60. The van der Waals surface area contributed by atoms with Crippen LogP contribution in [0.15, 0.2) is 30.3 Å². The van der Waals surface area contributed by atoms with Crippen molar-refractivity contribution < 1.29 is 13.2 Å². The van der Waals surface area contributed by atoms with Crippen molar-refractivity contribution in [3.05, 3.63) is 35.9 Å². The maximum absolute atomic E-state index is 13.8. The first-order valence-corrected chi connectivity index (χ1v) is 7.38. The number of halogens is 3. The lowest BCUT2D eigenvalue weighted by atomic mass is 9.69. The fourth-order valence-corrected chi connectivity index (χ4v) is 3.31. The second-order valence-electron chi connectivity index (χ2n) is 5.60. The van der Waals surface area contributed by atoms with Gasteiger partial charge in [-0.05, 0) is 31.4 Å². The maximum atomic E-state index is 13.8. The first-order chi connectivity index (χ1) is 9.51.